The third kappa shape index (κ3) is 4.45. The lowest BCUT2D eigenvalue weighted by Gasteiger charge is -2.19. The first-order valence-corrected chi connectivity index (χ1v) is 6.99. The first-order valence-electron chi connectivity index (χ1n) is 5.51. The molecule has 0 fully saturated rings. The summed E-state index contributed by atoms with van der Waals surface area (Å²) in [6.07, 6.45) is 3.64. The number of aromatic nitrogens is 2. The first-order chi connectivity index (χ1) is 7.74. The Kier molecular flexibility index (Phi) is 4.29. The van der Waals surface area contributed by atoms with Gasteiger partial charge in [0, 0.05) is 18.3 Å². The molecule has 17 heavy (non-hydrogen) atoms. The van der Waals surface area contributed by atoms with Crippen molar-refractivity contribution in [2.24, 2.45) is 5.73 Å². The Bertz CT molecular complexity index is 459. The smallest absolute Gasteiger partial charge is 0.244 e. The zero-order valence-electron chi connectivity index (χ0n) is 10.5. The second-order valence-corrected chi connectivity index (χ2v) is 6.62. The minimum Gasteiger partial charge on any atom is -0.330 e. The molecule has 0 unspecified atom stereocenters. The molecule has 0 aliphatic rings. The Labute approximate surface area is 102 Å². The molecule has 0 spiro atoms. The first kappa shape index (κ1) is 14.1. The van der Waals surface area contributed by atoms with Crippen LogP contribution < -0.4 is 10.5 Å². The van der Waals surface area contributed by atoms with Crippen LogP contribution >= 0.6 is 0 Å². The number of nitrogens with one attached hydrogen (secondary N) is 1. The van der Waals surface area contributed by atoms with Gasteiger partial charge in [0.2, 0.25) is 10.0 Å². The monoisotopic (exact) mass is 260 g/mol. The lowest BCUT2D eigenvalue weighted by atomic mass is 10.1. The van der Waals surface area contributed by atoms with E-state index in [0.29, 0.717) is 13.1 Å². The highest BCUT2D eigenvalue weighted by molar-refractivity contribution is 7.89. The van der Waals surface area contributed by atoms with E-state index in [1.54, 1.807) is 25.5 Å². The highest BCUT2D eigenvalue weighted by Gasteiger charge is 2.23. The van der Waals surface area contributed by atoms with E-state index in [-0.39, 0.29) is 4.90 Å². The maximum absolute atomic E-state index is 11.9. The van der Waals surface area contributed by atoms with E-state index in [4.69, 9.17) is 5.73 Å². The number of aryl methyl sites for hydroxylation is 1. The molecular weight excluding hydrogens is 240 g/mol. The summed E-state index contributed by atoms with van der Waals surface area (Å²) in [5.41, 5.74) is 4.88. The van der Waals surface area contributed by atoms with Crippen molar-refractivity contribution in [3.05, 3.63) is 12.4 Å². The van der Waals surface area contributed by atoms with Crippen molar-refractivity contribution in [2.75, 3.05) is 6.54 Å². The Morgan fingerprint density at radius 3 is 2.65 bits per heavy atom. The molecule has 0 aliphatic heterocycles. The van der Waals surface area contributed by atoms with Crippen LogP contribution in [-0.4, -0.2) is 30.3 Å². The number of nitrogens with zero attached hydrogens (tertiary/aromatic N) is 2. The topological polar surface area (TPSA) is 90.0 Å². The van der Waals surface area contributed by atoms with Crippen LogP contribution in [0.4, 0.5) is 0 Å². The molecule has 1 aromatic rings. The highest BCUT2D eigenvalue weighted by Crippen LogP contribution is 2.11. The maximum Gasteiger partial charge on any atom is 0.244 e. The molecule has 0 saturated heterocycles. The van der Waals surface area contributed by atoms with Gasteiger partial charge in [-0.15, -0.1) is 0 Å². The number of hydrogen-bond acceptors (Lipinski definition) is 4. The molecule has 3 N–H and O–H groups in total. The number of sulfonamides is 1. The summed E-state index contributed by atoms with van der Waals surface area (Å²) < 4.78 is 28.1. The summed E-state index contributed by atoms with van der Waals surface area (Å²) in [6.45, 7) is 6.57. The standard InChI is InChI=1S/C10H20N4O2S/c1-10(2,3)13-17(15,16)9-7-12-14(8-9)6-4-5-11/h7-8,13H,4-6,11H2,1-3H3. The molecule has 1 aromatic heterocycles. The third-order valence-electron chi connectivity index (χ3n) is 1.95. The van der Waals surface area contributed by atoms with E-state index >= 15 is 0 Å². The van der Waals surface area contributed by atoms with Crippen molar-refractivity contribution >= 4 is 10.0 Å². The normalized spacial score (nSPS) is 12.9. The third-order valence-corrected chi connectivity index (χ3v) is 3.66. The molecule has 0 amide bonds. The van der Waals surface area contributed by atoms with Crippen LogP contribution in [0.15, 0.2) is 17.3 Å². The zero-order valence-corrected chi connectivity index (χ0v) is 11.3. The summed E-state index contributed by atoms with van der Waals surface area (Å²) >= 11 is 0. The van der Waals surface area contributed by atoms with E-state index in [1.165, 1.54) is 12.4 Å². The minimum absolute atomic E-state index is 0.185. The predicted molar refractivity (Wildman–Crippen MR) is 66.0 cm³/mol. The molecule has 98 valence electrons. The lowest BCUT2D eigenvalue weighted by Crippen LogP contribution is -2.40. The molecule has 0 radical (unpaired) electrons. The van der Waals surface area contributed by atoms with Gasteiger partial charge in [-0.05, 0) is 33.7 Å². The molecule has 0 aliphatic carbocycles. The second-order valence-electron chi connectivity index (χ2n) is 4.94. The van der Waals surface area contributed by atoms with Crippen LogP contribution in [0.3, 0.4) is 0 Å². The number of hydrogen-bond donors (Lipinski definition) is 2. The SMILES string of the molecule is CC(C)(C)NS(=O)(=O)c1cnn(CCCN)c1. The minimum atomic E-state index is -3.49. The van der Waals surface area contributed by atoms with Gasteiger partial charge in [0.1, 0.15) is 4.90 Å². The molecule has 6 nitrogen and oxygen atoms in total. The largest absolute Gasteiger partial charge is 0.330 e. The van der Waals surface area contributed by atoms with Crippen LogP contribution in [0.25, 0.3) is 0 Å². The Balaban J connectivity index is 2.82. The van der Waals surface area contributed by atoms with Crippen LogP contribution in [0, 0.1) is 0 Å². The molecule has 1 heterocycles. The molecule has 1 rings (SSSR count). The van der Waals surface area contributed by atoms with Crippen molar-refractivity contribution in [1.29, 1.82) is 0 Å². The van der Waals surface area contributed by atoms with Gasteiger partial charge in [-0.25, -0.2) is 13.1 Å². The zero-order chi connectivity index (χ0) is 13.1. The molecule has 0 atom stereocenters. The number of nitrogens with two attached hydrogens (primary N) is 1. The van der Waals surface area contributed by atoms with Crippen LogP contribution in [0.5, 0.6) is 0 Å². The fourth-order valence-electron chi connectivity index (χ4n) is 1.32. The van der Waals surface area contributed by atoms with Crippen molar-refractivity contribution in [3.8, 4) is 0 Å². The fourth-order valence-corrected chi connectivity index (χ4v) is 2.69. The lowest BCUT2D eigenvalue weighted by molar-refractivity contribution is 0.491. The highest BCUT2D eigenvalue weighted by atomic mass is 32.2. The van der Waals surface area contributed by atoms with E-state index < -0.39 is 15.6 Å². The van der Waals surface area contributed by atoms with Gasteiger partial charge < -0.3 is 5.73 Å². The fraction of sp³-hybridized carbons (Fsp3) is 0.700. The van der Waals surface area contributed by atoms with Crippen molar-refractivity contribution < 1.29 is 8.42 Å². The Morgan fingerprint density at radius 2 is 2.12 bits per heavy atom. The van der Waals surface area contributed by atoms with Crippen molar-refractivity contribution in [1.82, 2.24) is 14.5 Å². The molecule has 0 bridgehead atoms. The average molecular weight is 260 g/mol. The van der Waals surface area contributed by atoms with Gasteiger partial charge in [-0.1, -0.05) is 0 Å². The Hall–Kier alpha value is -0.920. The van der Waals surface area contributed by atoms with Crippen molar-refractivity contribution in [3.63, 3.8) is 0 Å². The molecular formula is C10H20N4O2S. The number of rotatable bonds is 5. The summed E-state index contributed by atoms with van der Waals surface area (Å²) in [7, 11) is -3.49. The van der Waals surface area contributed by atoms with Gasteiger partial charge in [-0.3, -0.25) is 4.68 Å². The van der Waals surface area contributed by atoms with E-state index in [2.05, 4.69) is 9.82 Å². The summed E-state index contributed by atoms with van der Waals surface area (Å²) in [4.78, 5) is 0.185. The van der Waals surface area contributed by atoms with Gasteiger partial charge in [0.25, 0.3) is 0 Å². The van der Waals surface area contributed by atoms with Crippen LogP contribution in [0.1, 0.15) is 27.2 Å². The van der Waals surface area contributed by atoms with Gasteiger partial charge in [-0.2, -0.15) is 5.10 Å². The van der Waals surface area contributed by atoms with E-state index in [0.717, 1.165) is 6.42 Å². The summed E-state index contributed by atoms with van der Waals surface area (Å²) in [5, 5.41) is 3.99. The summed E-state index contributed by atoms with van der Waals surface area (Å²) in [6, 6.07) is 0. The van der Waals surface area contributed by atoms with Gasteiger partial charge >= 0.3 is 0 Å². The average Bonchev–Trinajstić information content (AvgIpc) is 2.59. The second kappa shape index (κ2) is 5.16. The molecule has 0 aromatic carbocycles. The van der Waals surface area contributed by atoms with Crippen molar-refractivity contribution in [2.45, 2.75) is 44.2 Å². The van der Waals surface area contributed by atoms with Crippen LogP contribution in [-0.2, 0) is 16.6 Å². The van der Waals surface area contributed by atoms with E-state index in [9.17, 15) is 8.42 Å². The van der Waals surface area contributed by atoms with E-state index in [1.807, 2.05) is 0 Å². The molecule has 0 saturated carbocycles. The predicted octanol–water partition coefficient (Wildman–Crippen LogP) is 0.309. The molecule has 7 heteroatoms. The Morgan fingerprint density at radius 1 is 1.47 bits per heavy atom. The summed E-state index contributed by atoms with van der Waals surface area (Å²) in [5.74, 6) is 0. The maximum atomic E-state index is 11.9. The van der Waals surface area contributed by atoms with Gasteiger partial charge in [0.15, 0.2) is 0 Å². The quantitative estimate of drug-likeness (QED) is 0.797. The van der Waals surface area contributed by atoms with Gasteiger partial charge in [0.05, 0.1) is 6.20 Å². The van der Waals surface area contributed by atoms with Crippen LogP contribution in [0.2, 0.25) is 0 Å².